The fourth-order valence-electron chi connectivity index (χ4n) is 2.94. The van der Waals surface area contributed by atoms with Crippen LogP contribution in [-0.4, -0.2) is 44.3 Å². The van der Waals surface area contributed by atoms with E-state index in [9.17, 15) is 9.59 Å². The predicted octanol–water partition coefficient (Wildman–Crippen LogP) is 3.20. The van der Waals surface area contributed by atoms with Crippen LogP contribution in [0.5, 0.6) is 0 Å². The fourth-order valence-corrected chi connectivity index (χ4v) is 3.17. The standard InChI is InChI=1S/C21H24ClN3O4/c22-17-10-16(20(26)24-7-6-18-14-28-9-8-23-18)11-19(12-17)25-21(27)29-13-15-4-2-1-3-5-15/h1-5,10-12,18,23H,6-9,13-14H2,(H,24,26)(H,25,27)/t18-/m0/s1. The van der Waals surface area contributed by atoms with Crippen LogP contribution in [0.2, 0.25) is 5.02 Å². The van der Waals surface area contributed by atoms with E-state index in [1.807, 2.05) is 30.3 Å². The Morgan fingerprint density at radius 3 is 2.79 bits per heavy atom. The van der Waals surface area contributed by atoms with Crippen molar-refractivity contribution in [2.24, 2.45) is 0 Å². The van der Waals surface area contributed by atoms with Crippen LogP contribution < -0.4 is 16.0 Å². The lowest BCUT2D eigenvalue weighted by Crippen LogP contribution is -2.43. The molecule has 3 N–H and O–H groups in total. The van der Waals surface area contributed by atoms with Gasteiger partial charge in [-0.15, -0.1) is 0 Å². The third-order valence-electron chi connectivity index (χ3n) is 4.40. The number of rotatable bonds is 7. The van der Waals surface area contributed by atoms with Crippen molar-refractivity contribution in [3.05, 3.63) is 64.7 Å². The molecule has 7 nitrogen and oxygen atoms in total. The molecule has 1 saturated heterocycles. The van der Waals surface area contributed by atoms with Crippen molar-refractivity contribution in [3.8, 4) is 0 Å². The van der Waals surface area contributed by atoms with E-state index in [0.717, 1.165) is 25.1 Å². The topological polar surface area (TPSA) is 88.7 Å². The van der Waals surface area contributed by atoms with Gasteiger partial charge in [0.05, 0.1) is 13.2 Å². The van der Waals surface area contributed by atoms with Crippen molar-refractivity contribution in [2.75, 3.05) is 31.6 Å². The minimum atomic E-state index is -0.620. The van der Waals surface area contributed by atoms with Crippen molar-refractivity contribution < 1.29 is 19.1 Å². The number of hydrogen-bond acceptors (Lipinski definition) is 5. The monoisotopic (exact) mass is 417 g/mol. The third-order valence-corrected chi connectivity index (χ3v) is 4.61. The van der Waals surface area contributed by atoms with Crippen LogP contribution in [0.15, 0.2) is 48.5 Å². The average molecular weight is 418 g/mol. The lowest BCUT2D eigenvalue weighted by atomic mass is 10.1. The van der Waals surface area contributed by atoms with Gasteiger partial charge in [0.15, 0.2) is 0 Å². The first-order valence-electron chi connectivity index (χ1n) is 9.48. The van der Waals surface area contributed by atoms with Crippen molar-refractivity contribution in [3.63, 3.8) is 0 Å². The molecule has 0 spiro atoms. The van der Waals surface area contributed by atoms with Crippen molar-refractivity contribution in [2.45, 2.75) is 19.1 Å². The maximum absolute atomic E-state index is 12.4. The smallest absolute Gasteiger partial charge is 0.411 e. The van der Waals surface area contributed by atoms with Gasteiger partial charge in [0.2, 0.25) is 0 Å². The SMILES string of the molecule is O=C(Nc1cc(Cl)cc(C(=O)NCC[C@H]2COCCN2)c1)OCc1ccccc1. The molecule has 154 valence electrons. The number of nitrogens with one attached hydrogen (secondary N) is 3. The molecule has 29 heavy (non-hydrogen) atoms. The Bertz CT molecular complexity index is 826. The van der Waals surface area contributed by atoms with Gasteiger partial charge in [-0.2, -0.15) is 0 Å². The number of benzene rings is 2. The van der Waals surface area contributed by atoms with E-state index in [0.29, 0.717) is 29.4 Å². The molecule has 0 aliphatic carbocycles. The minimum absolute atomic E-state index is 0.152. The van der Waals surface area contributed by atoms with E-state index in [4.69, 9.17) is 21.1 Å². The number of anilines is 1. The van der Waals surface area contributed by atoms with Crippen LogP contribution in [0.1, 0.15) is 22.3 Å². The molecular weight excluding hydrogens is 394 g/mol. The first-order chi connectivity index (χ1) is 14.1. The summed E-state index contributed by atoms with van der Waals surface area (Å²) in [7, 11) is 0. The molecule has 8 heteroatoms. The molecule has 1 fully saturated rings. The molecule has 2 aromatic carbocycles. The second-order valence-electron chi connectivity index (χ2n) is 6.69. The van der Waals surface area contributed by atoms with E-state index >= 15 is 0 Å². The summed E-state index contributed by atoms with van der Waals surface area (Å²) in [6.45, 7) is 2.84. The zero-order chi connectivity index (χ0) is 20.5. The summed E-state index contributed by atoms with van der Waals surface area (Å²) in [6, 6.07) is 14.3. The zero-order valence-electron chi connectivity index (χ0n) is 15.9. The number of amides is 2. The molecule has 0 radical (unpaired) electrons. The Morgan fingerprint density at radius 2 is 2.03 bits per heavy atom. The quantitative estimate of drug-likeness (QED) is 0.643. The molecule has 0 bridgehead atoms. The molecule has 1 aliphatic rings. The number of carbonyl (C=O) groups excluding carboxylic acids is 2. The van der Waals surface area contributed by atoms with Crippen LogP contribution in [-0.2, 0) is 16.1 Å². The van der Waals surface area contributed by atoms with Crippen LogP contribution in [0.4, 0.5) is 10.5 Å². The lowest BCUT2D eigenvalue weighted by Gasteiger charge is -2.23. The Labute approximate surface area is 174 Å². The molecule has 1 heterocycles. The summed E-state index contributed by atoms with van der Waals surface area (Å²) in [5, 5.41) is 9.15. The highest BCUT2D eigenvalue weighted by atomic mass is 35.5. The van der Waals surface area contributed by atoms with Gasteiger partial charge < -0.3 is 20.1 Å². The molecule has 1 aliphatic heterocycles. The lowest BCUT2D eigenvalue weighted by molar-refractivity contribution is 0.0733. The first-order valence-corrected chi connectivity index (χ1v) is 9.85. The molecule has 2 amide bonds. The molecule has 3 rings (SSSR count). The summed E-state index contributed by atoms with van der Waals surface area (Å²) < 4.78 is 10.6. The normalized spacial score (nSPS) is 16.1. The number of hydrogen-bond donors (Lipinski definition) is 3. The Kier molecular flexibility index (Phi) is 7.86. The minimum Gasteiger partial charge on any atom is -0.444 e. The average Bonchev–Trinajstić information content (AvgIpc) is 2.73. The van der Waals surface area contributed by atoms with Gasteiger partial charge in [-0.05, 0) is 30.2 Å². The number of halogens is 1. The second kappa shape index (κ2) is 10.8. The fraction of sp³-hybridized carbons (Fsp3) is 0.333. The number of morpholine rings is 1. The van der Waals surface area contributed by atoms with E-state index in [-0.39, 0.29) is 18.6 Å². The van der Waals surface area contributed by atoms with E-state index in [2.05, 4.69) is 16.0 Å². The van der Waals surface area contributed by atoms with Gasteiger partial charge in [-0.25, -0.2) is 4.79 Å². The molecule has 0 unspecified atom stereocenters. The highest BCUT2D eigenvalue weighted by molar-refractivity contribution is 6.31. The predicted molar refractivity (Wildman–Crippen MR) is 111 cm³/mol. The van der Waals surface area contributed by atoms with Crippen molar-refractivity contribution in [1.82, 2.24) is 10.6 Å². The molecule has 0 aromatic heterocycles. The largest absolute Gasteiger partial charge is 0.444 e. The highest BCUT2D eigenvalue weighted by Gasteiger charge is 2.14. The number of ether oxygens (including phenoxy) is 2. The first kappa shape index (κ1) is 21.1. The molecule has 2 aromatic rings. The van der Waals surface area contributed by atoms with Gasteiger partial charge >= 0.3 is 6.09 Å². The summed E-state index contributed by atoms with van der Waals surface area (Å²) in [6.07, 6.45) is 0.148. The summed E-state index contributed by atoms with van der Waals surface area (Å²) in [5.41, 5.74) is 1.64. The van der Waals surface area contributed by atoms with Gasteiger partial charge in [0, 0.05) is 35.4 Å². The van der Waals surface area contributed by atoms with Gasteiger partial charge in [0.25, 0.3) is 5.91 Å². The Balaban J connectivity index is 1.50. The van der Waals surface area contributed by atoms with E-state index in [1.165, 1.54) is 0 Å². The molecular formula is C21H24ClN3O4. The van der Waals surface area contributed by atoms with Gasteiger partial charge in [-0.1, -0.05) is 41.9 Å². The maximum atomic E-state index is 12.4. The van der Waals surface area contributed by atoms with Gasteiger partial charge in [0.1, 0.15) is 6.61 Å². The maximum Gasteiger partial charge on any atom is 0.411 e. The van der Waals surface area contributed by atoms with Crippen molar-refractivity contribution in [1.29, 1.82) is 0 Å². The third kappa shape index (κ3) is 7.05. The van der Waals surface area contributed by atoms with Crippen LogP contribution in [0.25, 0.3) is 0 Å². The summed E-state index contributed by atoms with van der Waals surface area (Å²) >= 11 is 6.11. The Hall–Kier alpha value is -2.61. The summed E-state index contributed by atoms with van der Waals surface area (Å²) in [5.74, 6) is -0.259. The van der Waals surface area contributed by atoms with Crippen LogP contribution in [0, 0.1) is 0 Å². The van der Waals surface area contributed by atoms with E-state index < -0.39 is 6.09 Å². The van der Waals surface area contributed by atoms with Gasteiger partial charge in [-0.3, -0.25) is 10.1 Å². The Morgan fingerprint density at radius 1 is 1.21 bits per heavy atom. The van der Waals surface area contributed by atoms with Crippen molar-refractivity contribution >= 4 is 29.3 Å². The molecule has 0 saturated carbocycles. The zero-order valence-corrected chi connectivity index (χ0v) is 16.7. The molecule has 1 atom stereocenters. The summed E-state index contributed by atoms with van der Waals surface area (Å²) in [4.78, 5) is 24.5. The highest BCUT2D eigenvalue weighted by Crippen LogP contribution is 2.19. The van der Waals surface area contributed by atoms with E-state index in [1.54, 1.807) is 18.2 Å². The van der Waals surface area contributed by atoms with Crippen LogP contribution >= 0.6 is 11.6 Å². The van der Waals surface area contributed by atoms with Crippen LogP contribution in [0.3, 0.4) is 0 Å². The second-order valence-corrected chi connectivity index (χ2v) is 7.12. The number of carbonyl (C=O) groups is 2.